The van der Waals surface area contributed by atoms with E-state index < -0.39 is 0 Å². The molecular weight excluding hydrogens is 210 g/mol. The maximum absolute atomic E-state index is 5.96. The summed E-state index contributed by atoms with van der Waals surface area (Å²) in [6.45, 7) is 0.712. The van der Waals surface area contributed by atoms with Crippen LogP contribution in [-0.2, 0) is 11.2 Å². The number of imidazole rings is 1. The maximum atomic E-state index is 5.96. The number of ether oxygens (including phenoxy) is 1. The molecule has 0 spiro atoms. The Kier molecular flexibility index (Phi) is 3.35. The lowest BCUT2D eigenvalue weighted by Gasteiger charge is -2.08. The van der Waals surface area contributed by atoms with Crippen LogP contribution in [0.3, 0.4) is 0 Å². The van der Waals surface area contributed by atoms with Crippen LogP contribution in [0.1, 0.15) is 12.1 Å². The molecule has 0 aromatic carbocycles. The average molecular weight is 225 g/mol. The Morgan fingerprint density at radius 1 is 1.67 bits per heavy atom. The van der Waals surface area contributed by atoms with Crippen LogP contribution in [0.4, 0.5) is 0 Å². The van der Waals surface area contributed by atoms with Crippen molar-refractivity contribution in [3.63, 3.8) is 0 Å². The van der Waals surface area contributed by atoms with Gasteiger partial charge in [-0.3, -0.25) is 4.40 Å². The first-order chi connectivity index (χ1) is 7.29. The lowest BCUT2D eigenvalue weighted by molar-refractivity contribution is 0.187. The summed E-state index contributed by atoms with van der Waals surface area (Å²) in [5.41, 5.74) is 7.02. The molecule has 0 saturated heterocycles. The lowest BCUT2D eigenvalue weighted by atomic mass is 10.1. The van der Waals surface area contributed by atoms with Crippen LogP contribution in [0, 0.1) is 0 Å². The Hall–Kier alpha value is -0.910. The molecule has 4 nitrogen and oxygen atoms in total. The second kappa shape index (κ2) is 4.74. The molecule has 5 heteroatoms. The third kappa shape index (κ3) is 2.56. The van der Waals surface area contributed by atoms with Gasteiger partial charge < -0.3 is 10.5 Å². The van der Waals surface area contributed by atoms with E-state index in [-0.39, 0.29) is 6.04 Å². The second-order valence-corrected chi connectivity index (χ2v) is 4.44. The highest BCUT2D eigenvalue weighted by atomic mass is 32.1. The molecule has 0 saturated carbocycles. The average Bonchev–Trinajstić information content (AvgIpc) is 2.74. The molecule has 1 atom stereocenters. The molecule has 1 unspecified atom stereocenters. The van der Waals surface area contributed by atoms with Gasteiger partial charge in [0.1, 0.15) is 0 Å². The van der Waals surface area contributed by atoms with Crippen molar-refractivity contribution in [1.82, 2.24) is 9.38 Å². The first-order valence-electron chi connectivity index (χ1n) is 4.95. The van der Waals surface area contributed by atoms with Crippen molar-refractivity contribution in [2.24, 2.45) is 5.73 Å². The fourth-order valence-corrected chi connectivity index (χ4v) is 2.23. The summed E-state index contributed by atoms with van der Waals surface area (Å²) in [4.78, 5) is 5.51. The molecule has 15 heavy (non-hydrogen) atoms. The molecule has 2 heterocycles. The molecule has 82 valence electrons. The van der Waals surface area contributed by atoms with E-state index in [1.807, 2.05) is 22.2 Å². The van der Waals surface area contributed by atoms with Crippen LogP contribution in [0.2, 0.25) is 0 Å². The number of fused-ring (bicyclic) bond motifs is 1. The van der Waals surface area contributed by atoms with Crippen LogP contribution in [0.15, 0.2) is 17.8 Å². The molecular formula is C10H15N3OS. The van der Waals surface area contributed by atoms with Gasteiger partial charge in [-0.1, -0.05) is 0 Å². The Morgan fingerprint density at radius 2 is 2.53 bits per heavy atom. The van der Waals surface area contributed by atoms with Crippen molar-refractivity contribution in [2.75, 3.05) is 13.7 Å². The van der Waals surface area contributed by atoms with Crippen molar-refractivity contribution in [1.29, 1.82) is 0 Å². The Labute approximate surface area is 92.7 Å². The predicted molar refractivity (Wildman–Crippen MR) is 61.2 cm³/mol. The number of nitrogens with zero attached hydrogens (tertiary/aromatic N) is 2. The molecule has 0 aliphatic rings. The largest absolute Gasteiger partial charge is 0.385 e. The highest BCUT2D eigenvalue weighted by Crippen LogP contribution is 2.12. The van der Waals surface area contributed by atoms with Gasteiger partial charge in [0.15, 0.2) is 4.96 Å². The molecule has 0 radical (unpaired) electrons. The first-order valence-corrected chi connectivity index (χ1v) is 5.83. The van der Waals surface area contributed by atoms with Gasteiger partial charge in [0, 0.05) is 44.0 Å². The van der Waals surface area contributed by atoms with E-state index in [1.54, 1.807) is 18.4 Å². The van der Waals surface area contributed by atoms with Gasteiger partial charge >= 0.3 is 0 Å². The zero-order valence-corrected chi connectivity index (χ0v) is 9.54. The van der Waals surface area contributed by atoms with E-state index in [9.17, 15) is 0 Å². The number of hydrogen-bond donors (Lipinski definition) is 1. The topological polar surface area (TPSA) is 52.5 Å². The minimum atomic E-state index is 0.134. The quantitative estimate of drug-likeness (QED) is 0.834. The van der Waals surface area contributed by atoms with Gasteiger partial charge in [-0.25, -0.2) is 4.98 Å². The number of rotatable bonds is 5. The zero-order valence-electron chi connectivity index (χ0n) is 8.72. The maximum Gasteiger partial charge on any atom is 0.193 e. The minimum Gasteiger partial charge on any atom is -0.385 e. The van der Waals surface area contributed by atoms with E-state index >= 15 is 0 Å². The SMILES string of the molecule is COCCC(N)Cc1cn2ccsc2n1. The smallest absolute Gasteiger partial charge is 0.193 e. The van der Waals surface area contributed by atoms with Gasteiger partial charge in [-0.05, 0) is 6.42 Å². The Balaban J connectivity index is 1.96. The van der Waals surface area contributed by atoms with Gasteiger partial charge in [-0.15, -0.1) is 11.3 Å². The van der Waals surface area contributed by atoms with E-state index in [4.69, 9.17) is 10.5 Å². The van der Waals surface area contributed by atoms with Crippen molar-refractivity contribution in [3.8, 4) is 0 Å². The molecule has 0 fully saturated rings. The molecule has 2 N–H and O–H groups in total. The standard InChI is InChI=1S/C10H15N3OS/c1-14-4-2-8(11)6-9-7-13-3-5-15-10(13)12-9/h3,5,7-8H,2,4,6,11H2,1H3. The van der Waals surface area contributed by atoms with Gasteiger partial charge in [-0.2, -0.15) is 0 Å². The molecule has 2 rings (SSSR count). The molecule has 0 aliphatic heterocycles. The number of thiazole rings is 1. The van der Waals surface area contributed by atoms with E-state index in [0.717, 1.165) is 23.5 Å². The summed E-state index contributed by atoms with van der Waals surface area (Å²) in [6, 6.07) is 0.134. The summed E-state index contributed by atoms with van der Waals surface area (Å²) < 4.78 is 7.02. The summed E-state index contributed by atoms with van der Waals surface area (Å²) in [6.07, 6.45) is 5.75. The van der Waals surface area contributed by atoms with Crippen LogP contribution in [0.5, 0.6) is 0 Å². The third-order valence-corrected chi connectivity index (χ3v) is 3.08. The van der Waals surface area contributed by atoms with Crippen molar-refractivity contribution >= 4 is 16.3 Å². The minimum absolute atomic E-state index is 0.134. The number of methoxy groups -OCH3 is 1. The molecule has 0 bridgehead atoms. The van der Waals surface area contributed by atoms with Gasteiger partial charge in [0.2, 0.25) is 0 Å². The predicted octanol–water partition coefficient (Wildman–Crippen LogP) is 1.30. The van der Waals surface area contributed by atoms with Crippen LogP contribution >= 0.6 is 11.3 Å². The van der Waals surface area contributed by atoms with Crippen molar-refractivity contribution < 1.29 is 4.74 Å². The summed E-state index contributed by atoms with van der Waals surface area (Å²) in [5.74, 6) is 0. The van der Waals surface area contributed by atoms with Crippen LogP contribution < -0.4 is 5.73 Å². The third-order valence-electron chi connectivity index (χ3n) is 2.31. The number of nitrogens with two attached hydrogens (primary N) is 1. The summed E-state index contributed by atoms with van der Waals surface area (Å²) in [5, 5.41) is 2.02. The number of aromatic nitrogens is 2. The Bertz CT molecular complexity index is 394. The second-order valence-electron chi connectivity index (χ2n) is 3.57. The molecule has 2 aromatic heterocycles. The lowest BCUT2D eigenvalue weighted by Crippen LogP contribution is -2.24. The Morgan fingerprint density at radius 3 is 3.27 bits per heavy atom. The van der Waals surface area contributed by atoms with Crippen molar-refractivity contribution in [3.05, 3.63) is 23.5 Å². The van der Waals surface area contributed by atoms with Crippen molar-refractivity contribution in [2.45, 2.75) is 18.9 Å². The summed E-state index contributed by atoms with van der Waals surface area (Å²) in [7, 11) is 1.69. The molecule has 0 amide bonds. The summed E-state index contributed by atoms with van der Waals surface area (Å²) >= 11 is 1.64. The van der Waals surface area contributed by atoms with E-state index in [2.05, 4.69) is 4.98 Å². The monoisotopic (exact) mass is 225 g/mol. The van der Waals surface area contributed by atoms with Gasteiger partial charge in [0.05, 0.1) is 5.69 Å². The van der Waals surface area contributed by atoms with Gasteiger partial charge in [0.25, 0.3) is 0 Å². The fourth-order valence-electron chi connectivity index (χ4n) is 1.51. The molecule has 2 aromatic rings. The first kappa shape index (κ1) is 10.6. The van der Waals surface area contributed by atoms with Crippen LogP contribution in [0.25, 0.3) is 4.96 Å². The fraction of sp³-hybridized carbons (Fsp3) is 0.500. The van der Waals surface area contributed by atoms with E-state index in [0.29, 0.717) is 6.61 Å². The number of hydrogen-bond acceptors (Lipinski definition) is 4. The highest BCUT2D eigenvalue weighted by Gasteiger charge is 2.07. The highest BCUT2D eigenvalue weighted by molar-refractivity contribution is 7.15. The zero-order chi connectivity index (χ0) is 10.7. The molecule has 0 aliphatic carbocycles. The van der Waals surface area contributed by atoms with Crippen LogP contribution in [-0.4, -0.2) is 29.1 Å². The van der Waals surface area contributed by atoms with E-state index in [1.165, 1.54) is 0 Å². The normalized spacial score (nSPS) is 13.5.